The second-order valence-corrected chi connectivity index (χ2v) is 7.02. The van der Waals surface area contributed by atoms with E-state index in [4.69, 9.17) is 4.74 Å². The molecule has 116 valence electrons. The molecule has 0 bridgehead atoms. The first-order valence-electron chi connectivity index (χ1n) is 8.63. The van der Waals surface area contributed by atoms with Crippen LogP contribution < -0.4 is 10.1 Å². The molecule has 2 unspecified atom stereocenters. The Balaban J connectivity index is 1.75. The van der Waals surface area contributed by atoms with Gasteiger partial charge < -0.3 is 10.1 Å². The average molecular weight is 287 g/mol. The second kappa shape index (κ2) is 6.00. The predicted molar refractivity (Wildman–Crippen MR) is 87.9 cm³/mol. The molecule has 2 nitrogen and oxygen atoms in total. The number of ether oxygens (including phenoxy) is 1. The van der Waals surface area contributed by atoms with Gasteiger partial charge in [-0.2, -0.15) is 0 Å². The Morgan fingerprint density at radius 2 is 1.95 bits per heavy atom. The van der Waals surface area contributed by atoms with Crippen molar-refractivity contribution in [2.75, 3.05) is 6.54 Å². The first-order valence-corrected chi connectivity index (χ1v) is 8.63. The predicted octanol–water partition coefficient (Wildman–Crippen LogP) is 4.38. The Bertz CT molecular complexity index is 490. The SMILES string of the molecule is CCNC1CC(Oc2ccc(C)cc2C)C12CCCCC2. The largest absolute Gasteiger partial charge is 0.489 e. The average Bonchev–Trinajstić information content (AvgIpc) is 2.49. The van der Waals surface area contributed by atoms with Crippen LogP contribution >= 0.6 is 0 Å². The van der Waals surface area contributed by atoms with Crippen LogP contribution in [0.25, 0.3) is 0 Å². The lowest BCUT2D eigenvalue weighted by atomic mass is 9.55. The van der Waals surface area contributed by atoms with Crippen LogP contribution in [0.4, 0.5) is 0 Å². The third-order valence-electron chi connectivity index (χ3n) is 5.62. The van der Waals surface area contributed by atoms with Crippen molar-refractivity contribution in [3.05, 3.63) is 29.3 Å². The molecule has 0 aliphatic heterocycles. The molecule has 2 fully saturated rings. The fourth-order valence-electron chi connectivity index (χ4n) is 4.41. The molecular weight excluding hydrogens is 258 g/mol. The molecule has 0 radical (unpaired) electrons. The highest BCUT2D eigenvalue weighted by molar-refractivity contribution is 5.36. The lowest BCUT2D eigenvalue weighted by Crippen LogP contribution is -2.65. The molecule has 0 saturated heterocycles. The van der Waals surface area contributed by atoms with Gasteiger partial charge in [0.05, 0.1) is 0 Å². The maximum absolute atomic E-state index is 6.47. The normalized spacial score (nSPS) is 27.4. The highest BCUT2D eigenvalue weighted by atomic mass is 16.5. The van der Waals surface area contributed by atoms with Gasteiger partial charge in [-0.3, -0.25) is 0 Å². The minimum Gasteiger partial charge on any atom is -0.489 e. The summed E-state index contributed by atoms with van der Waals surface area (Å²) < 4.78 is 6.47. The Kier molecular flexibility index (Phi) is 4.26. The van der Waals surface area contributed by atoms with Crippen molar-refractivity contribution in [2.24, 2.45) is 5.41 Å². The Morgan fingerprint density at radius 1 is 1.19 bits per heavy atom. The molecular formula is C19H29NO. The zero-order valence-electron chi connectivity index (χ0n) is 13.7. The summed E-state index contributed by atoms with van der Waals surface area (Å²) in [5.74, 6) is 1.09. The van der Waals surface area contributed by atoms with E-state index in [1.807, 2.05) is 0 Å². The van der Waals surface area contributed by atoms with Gasteiger partial charge in [0.2, 0.25) is 0 Å². The Morgan fingerprint density at radius 3 is 2.62 bits per heavy atom. The van der Waals surface area contributed by atoms with Crippen LogP contribution in [0.5, 0.6) is 5.75 Å². The van der Waals surface area contributed by atoms with Gasteiger partial charge >= 0.3 is 0 Å². The minimum absolute atomic E-state index is 0.394. The van der Waals surface area contributed by atoms with Crippen LogP contribution in [-0.2, 0) is 0 Å². The van der Waals surface area contributed by atoms with Crippen molar-refractivity contribution in [2.45, 2.75) is 71.4 Å². The Labute approximate surface area is 129 Å². The summed E-state index contributed by atoms with van der Waals surface area (Å²) in [4.78, 5) is 0. The van der Waals surface area contributed by atoms with Crippen molar-refractivity contribution < 1.29 is 4.74 Å². The van der Waals surface area contributed by atoms with Gasteiger partial charge in [-0.05, 0) is 44.9 Å². The van der Waals surface area contributed by atoms with Crippen LogP contribution in [0.1, 0.15) is 56.6 Å². The van der Waals surface area contributed by atoms with E-state index in [2.05, 4.69) is 44.3 Å². The molecule has 1 spiro atoms. The first kappa shape index (κ1) is 14.9. The van der Waals surface area contributed by atoms with Crippen molar-refractivity contribution >= 4 is 0 Å². The fraction of sp³-hybridized carbons (Fsp3) is 0.684. The van der Waals surface area contributed by atoms with Crippen molar-refractivity contribution in [1.82, 2.24) is 5.32 Å². The number of benzene rings is 1. The maximum Gasteiger partial charge on any atom is 0.122 e. The number of nitrogens with one attached hydrogen (secondary N) is 1. The number of hydrogen-bond donors (Lipinski definition) is 1. The van der Waals surface area contributed by atoms with E-state index < -0.39 is 0 Å². The van der Waals surface area contributed by atoms with Crippen LogP contribution in [0, 0.1) is 19.3 Å². The lowest BCUT2D eigenvalue weighted by Gasteiger charge is -2.57. The van der Waals surface area contributed by atoms with E-state index in [1.54, 1.807) is 0 Å². The Hall–Kier alpha value is -1.02. The topological polar surface area (TPSA) is 21.3 Å². The second-order valence-electron chi connectivity index (χ2n) is 7.02. The smallest absolute Gasteiger partial charge is 0.122 e. The zero-order valence-corrected chi connectivity index (χ0v) is 13.7. The highest BCUT2D eigenvalue weighted by Crippen LogP contribution is 2.53. The summed E-state index contributed by atoms with van der Waals surface area (Å²) in [6, 6.07) is 7.21. The van der Waals surface area contributed by atoms with Crippen LogP contribution in [0.15, 0.2) is 18.2 Å². The first-order chi connectivity index (χ1) is 10.2. The number of hydrogen-bond acceptors (Lipinski definition) is 2. The van der Waals surface area contributed by atoms with Gasteiger partial charge in [-0.1, -0.05) is 43.9 Å². The number of aryl methyl sites for hydroxylation is 2. The van der Waals surface area contributed by atoms with E-state index in [0.717, 1.165) is 12.3 Å². The van der Waals surface area contributed by atoms with Gasteiger partial charge in [0.15, 0.2) is 0 Å². The third kappa shape index (κ3) is 2.70. The molecule has 2 aliphatic carbocycles. The van der Waals surface area contributed by atoms with E-state index >= 15 is 0 Å². The zero-order chi connectivity index (χ0) is 14.9. The molecule has 2 heteroatoms. The summed E-state index contributed by atoms with van der Waals surface area (Å²) in [6.45, 7) is 7.60. The van der Waals surface area contributed by atoms with Gasteiger partial charge in [0.1, 0.15) is 11.9 Å². The van der Waals surface area contributed by atoms with Crippen molar-refractivity contribution in [3.63, 3.8) is 0 Å². The monoisotopic (exact) mass is 287 g/mol. The van der Waals surface area contributed by atoms with Gasteiger partial charge in [0.25, 0.3) is 0 Å². The van der Waals surface area contributed by atoms with Crippen molar-refractivity contribution in [1.29, 1.82) is 0 Å². The lowest BCUT2D eigenvalue weighted by molar-refractivity contribution is -0.102. The standard InChI is InChI=1S/C19H29NO/c1-4-20-17-13-18(19(17)10-6-5-7-11-19)21-16-9-8-14(2)12-15(16)3/h8-9,12,17-18,20H,4-7,10-11,13H2,1-3H3. The van der Waals surface area contributed by atoms with E-state index in [-0.39, 0.29) is 0 Å². The molecule has 21 heavy (non-hydrogen) atoms. The van der Waals surface area contributed by atoms with Gasteiger partial charge in [-0.25, -0.2) is 0 Å². The van der Waals surface area contributed by atoms with Gasteiger partial charge in [-0.15, -0.1) is 0 Å². The molecule has 0 heterocycles. The van der Waals surface area contributed by atoms with E-state index in [1.165, 1.54) is 49.7 Å². The summed E-state index contributed by atoms with van der Waals surface area (Å²) in [7, 11) is 0. The molecule has 2 saturated carbocycles. The molecule has 1 aromatic rings. The summed E-state index contributed by atoms with van der Waals surface area (Å²) in [5, 5.41) is 3.70. The molecule has 2 atom stereocenters. The molecule has 1 N–H and O–H groups in total. The number of rotatable bonds is 4. The molecule has 2 aliphatic rings. The quantitative estimate of drug-likeness (QED) is 0.887. The maximum atomic E-state index is 6.47. The van der Waals surface area contributed by atoms with Crippen LogP contribution in [0.2, 0.25) is 0 Å². The van der Waals surface area contributed by atoms with E-state index in [9.17, 15) is 0 Å². The summed E-state index contributed by atoms with van der Waals surface area (Å²) in [6.07, 6.45) is 8.38. The molecule has 0 amide bonds. The summed E-state index contributed by atoms with van der Waals surface area (Å²) in [5.41, 5.74) is 2.98. The summed E-state index contributed by atoms with van der Waals surface area (Å²) >= 11 is 0. The van der Waals surface area contributed by atoms with E-state index in [0.29, 0.717) is 17.6 Å². The third-order valence-corrected chi connectivity index (χ3v) is 5.62. The molecule has 3 rings (SSSR count). The molecule has 0 aromatic heterocycles. The van der Waals surface area contributed by atoms with Gasteiger partial charge in [0, 0.05) is 17.9 Å². The molecule has 1 aromatic carbocycles. The fourth-order valence-corrected chi connectivity index (χ4v) is 4.41. The van der Waals surface area contributed by atoms with Crippen LogP contribution in [0.3, 0.4) is 0 Å². The van der Waals surface area contributed by atoms with Crippen LogP contribution in [-0.4, -0.2) is 18.7 Å². The highest BCUT2D eigenvalue weighted by Gasteiger charge is 2.56. The minimum atomic E-state index is 0.394. The van der Waals surface area contributed by atoms with Crippen molar-refractivity contribution in [3.8, 4) is 5.75 Å².